The number of amides is 1. The quantitative estimate of drug-likeness (QED) is 0.765. The van der Waals surface area contributed by atoms with Crippen LogP contribution in [-0.4, -0.2) is 25.4 Å². The molecule has 2 heterocycles. The van der Waals surface area contributed by atoms with Crippen molar-refractivity contribution >= 4 is 24.0 Å². The SMILES string of the molecule is Cc1c(C(=O)Nc2cnn(C)c2)c(-c2ccc(O)cc2)cn1C.Cl. The number of hydrogen-bond donors (Lipinski definition) is 2. The number of aromatic hydroxyl groups is 1. The van der Waals surface area contributed by atoms with Crippen molar-refractivity contribution in [1.82, 2.24) is 14.3 Å². The third-order valence-electron chi connectivity index (χ3n) is 3.85. The van der Waals surface area contributed by atoms with Gasteiger partial charge in [0, 0.05) is 37.7 Å². The number of carbonyl (C=O) groups is 1. The molecular formula is C17H19ClN4O2. The minimum Gasteiger partial charge on any atom is -0.508 e. The molecule has 0 bridgehead atoms. The average Bonchev–Trinajstić information content (AvgIpc) is 3.04. The van der Waals surface area contributed by atoms with E-state index < -0.39 is 0 Å². The molecule has 3 rings (SSSR count). The first-order valence-corrected chi connectivity index (χ1v) is 7.21. The van der Waals surface area contributed by atoms with Crippen molar-refractivity contribution < 1.29 is 9.90 Å². The molecule has 1 aromatic carbocycles. The smallest absolute Gasteiger partial charge is 0.258 e. The molecule has 1 amide bonds. The van der Waals surface area contributed by atoms with Gasteiger partial charge in [0.1, 0.15) is 5.75 Å². The number of benzene rings is 1. The first-order valence-electron chi connectivity index (χ1n) is 7.21. The van der Waals surface area contributed by atoms with Gasteiger partial charge in [-0.25, -0.2) is 0 Å². The van der Waals surface area contributed by atoms with Crippen LogP contribution >= 0.6 is 12.4 Å². The van der Waals surface area contributed by atoms with E-state index in [-0.39, 0.29) is 24.1 Å². The van der Waals surface area contributed by atoms with Crippen molar-refractivity contribution in [3.05, 3.63) is 54.1 Å². The van der Waals surface area contributed by atoms with E-state index in [9.17, 15) is 9.90 Å². The number of phenolic OH excluding ortho intramolecular Hbond substituents is 1. The molecule has 0 aliphatic rings. The van der Waals surface area contributed by atoms with E-state index in [1.165, 1.54) is 0 Å². The van der Waals surface area contributed by atoms with Gasteiger partial charge in [0.15, 0.2) is 0 Å². The molecule has 0 saturated carbocycles. The number of aryl methyl sites for hydroxylation is 2. The van der Waals surface area contributed by atoms with Crippen molar-refractivity contribution in [2.24, 2.45) is 14.1 Å². The number of halogens is 1. The Morgan fingerprint density at radius 1 is 1.17 bits per heavy atom. The summed E-state index contributed by atoms with van der Waals surface area (Å²) in [5.41, 5.74) is 3.84. The summed E-state index contributed by atoms with van der Waals surface area (Å²) in [6.07, 6.45) is 5.27. The van der Waals surface area contributed by atoms with Crippen molar-refractivity contribution in [3.63, 3.8) is 0 Å². The van der Waals surface area contributed by atoms with Crippen LogP contribution in [0.4, 0.5) is 5.69 Å². The van der Waals surface area contributed by atoms with Gasteiger partial charge in [-0.3, -0.25) is 9.48 Å². The van der Waals surface area contributed by atoms with Crippen molar-refractivity contribution in [2.75, 3.05) is 5.32 Å². The van der Waals surface area contributed by atoms with Crippen LogP contribution in [0.5, 0.6) is 5.75 Å². The Balaban J connectivity index is 0.00000208. The molecule has 0 aliphatic heterocycles. The third-order valence-corrected chi connectivity index (χ3v) is 3.85. The molecule has 7 heteroatoms. The minimum atomic E-state index is -0.181. The number of carbonyl (C=O) groups excluding carboxylic acids is 1. The molecule has 0 fully saturated rings. The Bertz CT molecular complexity index is 865. The second kappa shape index (κ2) is 6.80. The second-order valence-electron chi connectivity index (χ2n) is 5.52. The van der Waals surface area contributed by atoms with E-state index in [0.717, 1.165) is 16.8 Å². The van der Waals surface area contributed by atoms with Crippen molar-refractivity contribution in [2.45, 2.75) is 6.92 Å². The maximum absolute atomic E-state index is 12.7. The van der Waals surface area contributed by atoms with Gasteiger partial charge < -0.3 is 15.0 Å². The summed E-state index contributed by atoms with van der Waals surface area (Å²) >= 11 is 0. The van der Waals surface area contributed by atoms with Crippen LogP contribution in [0.1, 0.15) is 16.1 Å². The molecule has 0 radical (unpaired) electrons. The average molecular weight is 347 g/mol. The summed E-state index contributed by atoms with van der Waals surface area (Å²) < 4.78 is 3.55. The predicted molar refractivity (Wildman–Crippen MR) is 95.7 cm³/mol. The van der Waals surface area contributed by atoms with Gasteiger partial charge in [-0.1, -0.05) is 12.1 Å². The van der Waals surface area contributed by atoms with Gasteiger partial charge in [0.05, 0.1) is 17.4 Å². The molecule has 3 aromatic rings. The molecule has 0 spiro atoms. The lowest BCUT2D eigenvalue weighted by molar-refractivity contribution is 0.102. The summed E-state index contributed by atoms with van der Waals surface area (Å²) in [5.74, 6) is 0.0157. The first kappa shape index (κ1) is 17.6. The van der Waals surface area contributed by atoms with Gasteiger partial charge in [0.2, 0.25) is 0 Å². The topological polar surface area (TPSA) is 72.1 Å². The molecule has 0 atom stereocenters. The number of nitrogens with one attached hydrogen (secondary N) is 1. The van der Waals surface area contributed by atoms with E-state index in [1.807, 2.05) is 24.7 Å². The molecular weight excluding hydrogens is 328 g/mol. The maximum atomic E-state index is 12.7. The lowest BCUT2D eigenvalue weighted by Gasteiger charge is -2.07. The number of phenols is 1. The summed E-state index contributed by atoms with van der Waals surface area (Å²) in [6, 6.07) is 6.82. The fourth-order valence-electron chi connectivity index (χ4n) is 2.55. The number of hydrogen-bond acceptors (Lipinski definition) is 3. The summed E-state index contributed by atoms with van der Waals surface area (Å²) in [7, 11) is 3.70. The molecule has 0 unspecified atom stereocenters. The van der Waals surface area contributed by atoms with Gasteiger partial charge in [-0.2, -0.15) is 5.10 Å². The lowest BCUT2D eigenvalue weighted by Crippen LogP contribution is -2.13. The molecule has 24 heavy (non-hydrogen) atoms. The number of aromatic nitrogens is 3. The number of anilines is 1. The van der Waals surface area contributed by atoms with Crippen molar-refractivity contribution in [1.29, 1.82) is 0 Å². The van der Waals surface area contributed by atoms with E-state index in [2.05, 4.69) is 10.4 Å². The Hall–Kier alpha value is -2.73. The Morgan fingerprint density at radius 2 is 1.83 bits per heavy atom. The summed E-state index contributed by atoms with van der Waals surface area (Å²) in [4.78, 5) is 12.7. The standard InChI is InChI=1S/C17H18N4O2.ClH/c1-11-16(17(23)19-13-8-18-21(3)9-13)15(10-20(11)2)12-4-6-14(22)7-5-12;/h4-10,22H,1-3H3,(H,19,23);1H. The highest BCUT2D eigenvalue weighted by Crippen LogP contribution is 2.29. The molecule has 0 aliphatic carbocycles. The number of rotatable bonds is 3. The van der Waals surface area contributed by atoms with E-state index in [0.29, 0.717) is 11.3 Å². The van der Waals surface area contributed by atoms with Gasteiger partial charge in [0.25, 0.3) is 5.91 Å². The zero-order valence-electron chi connectivity index (χ0n) is 13.6. The third kappa shape index (κ3) is 3.28. The van der Waals surface area contributed by atoms with Crippen molar-refractivity contribution in [3.8, 4) is 16.9 Å². The lowest BCUT2D eigenvalue weighted by atomic mass is 10.0. The van der Waals surface area contributed by atoms with Gasteiger partial charge >= 0.3 is 0 Å². The largest absolute Gasteiger partial charge is 0.508 e. The molecule has 2 aromatic heterocycles. The highest BCUT2D eigenvalue weighted by molar-refractivity contribution is 6.09. The summed E-state index contributed by atoms with van der Waals surface area (Å²) in [6.45, 7) is 1.90. The Morgan fingerprint density at radius 3 is 2.42 bits per heavy atom. The fraction of sp³-hybridized carbons (Fsp3) is 0.176. The highest BCUT2D eigenvalue weighted by Gasteiger charge is 2.20. The van der Waals surface area contributed by atoms with E-state index in [4.69, 9.17) is 0 Å². The summed E-state index contributed by atoms with van der Waals surface area (Å²) in [5, 5.41) is 16.4. The Kier molecular flexibility index (Phi) is 4.99. The van der Waals surface area contributed by atoms with Crippen LogP contribution in [-0.2, 0) is 14.1 Å². The highest BCUT2D eigenvalue weighted by atomic mass is 35.5. The van der Waals surface area contributed by atoms with E-state index in [1.54, 1.807) is 48.4 Å². The van der Waals surface area contributed by atoms with Crippen LogP contribution in [0.25, 0.3) is 11.1 Å². The maximum Gasteiger partial charge on any atom is 0.258 e. The molecule has 2 N–H and O–H groups in total. The monoisotopic (exact) mass is 346 g/mol. The fourth-order valence-corrected chi connectivity index (χ4v) is 2.55. The number of nitrogens with zero attached hydrogens (tertiary/aromatic N) is 3. The second-order valence-corrected chi connectivity index (χ2v) is 5.52. The zero-order valence-corrected chi connectivity index (χ0v) is 14.5. The molecule has 6 nitrogen and oxygen atoms in total. The van der Waals surface area contributed by atoms with E-state index >= 15 is 0 Å². The van der Waals surface area contributed by atoms with Crippen LogP contribution in [0.15, 0.2) is 42.9 Å². The van der Waals surface area contributed by atoms with Crippen LogP contribution in [0.3, 0.4) is 0 Å². The van der Waals surface area contributed by atoms with Crippen LogP contribution in [0, 0.1) is 6.92 Å². The van der Waals surface area contributed by atoms with Gasteiger partial charge in [-0.15, -0.1) is 12.4 Å². The normalized spacial score (nSPS) is 10.3. The Labute approximate surface area is 146 Å². The van der Waals surface area contributed by atoms with Crippen LogP contribution < -0.4 is 5.32 Å². The zero-order chi connectivity index (χ0) is 16.6. The first-order chi connectivity index (χ1) is 11.0. The molecule has 126 valence electrons. The molecule has 0 saturated heterocycles. The predicted octanol–water partition coefficient (Wildman–Crippen LogP) is 3.11. The minimum absolute atomic E-state index is 0. The van der Waals surface area contributed by atoms with Gasteiger partial charge in [-0.05, 0) is 24.6 Å². The van der Waals surface area contributed by atoms with Crippen LogP contribution in [0.2, 0.25) is 0 Å².